The van der Waals surface area contributed by atoms with Crippen LogP contribution in [0.25, 0.3) is 0 Å². The quantitative estimate of drug-likeness (QED) is 0.477. The normalized spacial score (nSPS) is 12.1. The van der Waals surface area contributed by atoms with Gasteiger partial charge in [0.2, 0.25) is 15.9 Å². The van der Waals surface area contributed by atoms with Gasteiger partial charge in [0.05, 0.1) is 18.3 Å². The highest BCUT2D eigenvalue weighted by atomic mass is 32.2. The number of nitrogens with one attached hydrogen (secondary N) is 1. The van der Waals surface area contributed by atoms with Crippen molar-refractivity contribution in [2.45, 2.75) is 32.7 Å². The van der Waals surface area contributed by atoms with Crippen LogP contribution in [0.5, 0.6) is 5.75 Å². The van der Waals surface area contributed by atoms with Crippen LogP contribution in [0.15, 0.2) is 42.5 Å². The molecule has 2 aromatic rings. The first-order chi connectivity index (χ1) is 14.1. The fourth-order valence-corrected chi connectivity index (χ4v) is 4.26. The van der Waals surface area contributed by atoms with Crippen molar-refractivity contribution in [1.29, 1.82) is 0 Å². The first-order valence-electron chi connectivity index (χ1n) is 9.34. The van der Waals surface area contributed by atoms with E-state index in [2.05, 4.69) is 5.32 Å². The number of carbonyl (C=O) groups excluding carboxylic acids is 1. The molecule has 9 nitrogen and oxygen atoms in total. The van der Waals surface area contributed by atoms with Crippen LogP contribution in [0.2, 0.25) is 0 Å². The molecule has 0 aliphatic carbocycles. The van der Waals surface area contributed by atoms with E-state index in [1.165, 1.54) is 19.2 Å². The molecule has 2 rings (SSSR count). The number of benzene rings is 2. The maximum Gasteiger partial charge on any atom is 0.271 e. The van der Waals surface area contributed by atoms with Gasteiger partial charge >= 0.3 is 0 Å². The predicted octanol–water partition coefficient (Wildman–Crippen LogP) is 3.35. The minimum atomic E-state index is -3.98. The van der Waals surface area contributed by atoms with E-state index in [1.807, 2.05) is 19.1 Å². The molecule has 30 heavy (non-hydrogen) atoms. The number of hydrogen-bond donors (Lipinski definition) is 1. The monoisotopic (exact) mass is 435 g/mol. The van der Waals surface area contributed by atoms with Gasteiger partial charge < -0.3 is 10.1 Å². The van der Waals surface area contributed by atoms with Crippen molar-refractivity contribution in [2.24, 2.45) is 0 Å². The largest absolute Gasteiger partial charge is 0.495 e. The van der Waals surface area contributed by atoms with Crippen LogP contribution >= 0.6 is 0 Å². The maximum atomic E-state index is 13.0. The number of aryl methyl sites for hydroxylation is 1. The van der Waals surface area contributed by atoms with Gasteiger partial charge in [-0.25, -0.2) is 8.42 Å². The van der Waals surface area contributed by atoms with E-state index < -0.39 is 26.9 Å². The number of anilines is 2. The van der Waals surface area contributed by atoms with Gasteiger partial charge in [-0.15, -0.1) is 0 Å². The summed E-state index contributed by atoms with van der Waals surface area (Å²) in [7, 11) is -2.66. The Labute approximate surface area is 175 Å². The number of carbonyl (C=O) groups is 1. The highest BCUT2D eigenvalue weighted by Crippen LogP contribution is 2.35. The lowest BCUT2D eigenvalue weighted by atomic mass is 10.1. The van der Waals surface area contributed by atoms with Crippen molar-refractivity contribution in [2.75, 3.05) is 23.0 Å². The van der Waals surface area contributed by atoms with Gasteiger partial charge in [-0.3, -0.25) is 19.2 Å². The van der Waals surface area contributed by atoms with E-state index in [0.717, 1.165) is 28.6 Å². The zero-order valence-electron chi connectivity index (χ0n) is 17.3. The number of non-ortho nitro benzene ring substituents is 1. The molecule has 0 fully saturated rings. The molecular weight excluding hydrogens is 410 g/mol. The summed E-state index contributed by atoms with van der Waals surface area (Å²) in [4.78, 5) is 23.6. The summed E-state index contributed by atoms with van der Waals surface area (Å²) in [5.74, 6) is -0.453. The number of nitro groups is 1. The van der Waals surface area contributed by atoms with Crippen LogP contribution in [-0.2, 0) is 21.2 Å². The van der Waals surface area contributed by atoms with E-state index in [1.54, 1.807) is 19.1 Å². The lowest BCUT2D eigenvalue weighted by Gasteiger charge is -2.30. The molecular formula is C20H25N3O6S. The Morgan fingerprint density at radius 2 is 1.83 bits per heavy atom. The van der Waals surface area contributed by atoms with Crippen LogP contribution in [0.3, 0.4) is 0 Å². The number of hydrogen-bond acceptors (Lipinski definition) is 6. The van der Waals surface area contributed by atoms with E-state index in [-0.39, 0.29) is 23.5 Å². The zero-order valence-corrected chi connectivity index (χ0v) is 18.1. The van der Waals surface area contributed by atoms with Crippen molar-refractivity contribution >= 4 is 33.0 Å². The van der Waals surface area contributed by atoms with Gasteiger partial charge in [0, 0.05) is 17.8 Å². The zero-order chi connectivity index (χ0) is 22.5. The Bertz CT molecular complexity index is 1020. The summed E-state index contributed by atoms with van der Waals surface area (Å²) in [6.45, 7) is 3.67. The first-order valence-corrected chi connectivity index (χ1v) is 11.2. The molecule has 0 aromatic heterocycles. The highest BCUT2D eigenvalue weighted by Gasteiger charge is 2.34. The standard InChI is InChI=1S/C20H25N3O6S/c1-5-14-7-9-15(10-8-14)21-20(24)17(6-2)22(30(4,27)28)18-13-16(23(25)26)11-12-19(18)29-3/h7-13,17H,5-6H2,1-4H3,(H,21,24). The molecule has 162 valence electrons. The number of nitrogens with zero attached hydrogens (tertiary/aromatic N) is 2. The van der Waals surface area contributed by atoms with E-state index in [4.69, 9.17) is 4.74 Å². The number of methoxy groups -OCH3 is 1. The molecule has 1 N–H and O–H groups in total. The third-order valence-corrected chi connectivity index (χ3v) is 5.74. The first kappa shape index (κ1) is 23.1. The second kappa shape index (κ2) is 9.57. The molecule has 0 saturated heterocycles. The molecule has 0 heterocycles. The SMILES string of the molecule is CCc1ccc(NC(=O)C(CC)N(c2cc([N+](=O)[O-])ccc2OC)S(C)(=O)=O)cc1. The average Bonchev–Trinajstić information content (AvgIpc) is 2.70. The molecule has 0 aliphatic rings. The van der Waals surface area contributed by atoms with Crippen molar-refractivity contribution < 1.29 is 22.9 Å². The summed E-state index contributed by atoms with van der Waals surface area (Å²) in [5.41, 5.74) is 1.23. The lowest BCUT2D eigenvalue weighted by Crippen LogP contribution is -2.47. The molecule has 2 aromatic carbocycles. The molecule has 0 spiro atoms. The number of ether oxygens (including phenoxy) is 1. The van der Waals surface area contributed by atoms with Gasteiger partial charge in [0.15, 0.2) is 0 Å². The van der Waals surface area contributed by atoms with Crippen LogP contribution in [0, 0.1) is 10.1 Å². The third kappa shape index (κ3) is 5.26. The minimum absolute atomic E-state index is 0.0717. The Morgan fingerprint density at radius 3 is 2.30 bits per heavy atom. The summed E-state index contributed by atoms with van der Waals surface area (Å²) < 4.78 is 31.4. The Kier molecular flexibility index (Phi) is 7.38. The van der Waals surface area contributed by atoms with Gasteiger partial charge in [0.25, 0.3) is 5.69 Å². The van der Waals surface area contributed by atoms with Crippen molar-refractivity contribution in [1.82, 2.24) is 0 Å². The predicted molar refractivity (Wildman–Crippen MR) is 115 cm³/mol. The van der Waals surface area contributed by atoms with Crippen LogP contribution in [-0.4, -0.2) is 38.7 Å². The molecule has 1 unspecified atom stereocenters. The summed E-state index contributed by atoms with van der Waals surface area (Å²) in [6.07, 6.45) is 1.93. The van der Waals surface area contributed by atoms with Gasteiger partial charge in [-0.1, -0.05) is 26.0 Å². The van der Waals surface area contributed by atoms with Gasteiger partial charge in [-0.2, -0.15) is 0 Å². The van der Waals surface area contributed by atoms with Crippen LogP contribution in [0.1, 0.15) is 25.8 Å². The molecule has 1 atom stereocenters. The Balaban J connectivity index is 2.49. The van der Waals surface area contributed by atoms with Gasteiger partial charge in [-0.05, 0) is 36.6 Å². The topological polar surface area (TPSA) is 119 Å². The van der Waals surface area contributed by atoms with Crippen LogP contribution in [0.4, 0.5) is 17.1 Å². The fraction of sp³-hybridized carbons (Fsp3) is 0.350. The van der Waals surface area contributed by atoms with Crippen molar-refractivity contribution in [3.8, 4) is 5.75 Å². The van der Waals surface area contributed by atoms with E-state index in [9.17, 15) is 23.3 Å². The van der Waals surface area contributed by atoms with E-state index >= 15 is 0 Å². The lowest BCUT2D eigenvalue weighted by molar-refractivity contribution is -0.384. The second-order valence-electron chi connectivity index (χ2n) is 6.64. The van der Waals surface area contributed by atoms with Crippen molar-refractivity contribution in [3.05, 3.63) is 58.1 Å². The summed E-state index contributed by atoms with van der Waals surface area (Å²) in [6, 6.07) is 9.68. The molecule has 0 bridgehead atoms. The number of amides is 1. The Hall–Kier alpha value is -3.14. The molecule has 10 heteroatoms. The minimum Gasteiger partial charge on any atom is -0.495 e. The highest BCUT2D eigenvalue weighted by molar-refractivity contribution is 7.92. The van der Waals surface area contributed by atoms with Crippen molar-refractivity contribution in [3.63, 3.8) is 0 Å². The molecule has 0 radical (unpaired) electrons. The Morgan fingerprint density at radius 1 is 1.20 bits per heavy atom. The number of sulfonamides is 1. The van der Waals surface area contributed by atoms with E-state index in [0.29, 0.717) is 5.69 Å². The summed E-state index contributed by atoms with van der Waals surface area (Å²) in [5, 5.41) is 13.9. The number of rotatable bonds is 9. The molecule has 1 amide bonds. The van der Waals surface area contributed by atoms with Crippen LogP contribution < -0.4 is 14.4 Å². The smallest absolute Gasteiger partial charge is 0.271 e. The third-order valence-electron chi connectivity index (χ3n) is 4.57. The summed E-state index contributed by atoms with van der Waals surface area (Å²) >= 11 is 0. The fourth-order valence-electron chi connectivity index (χ4n) is 3.05. The second-order valence-corrected chi connectivity index (χ2v) is 8.50. The molecule has 0 saturated carbocycles. The average molecular weight is 436 g/mol. The maximum absolute atomic E-state index is 13.0. The number of nitro benzene ring substituents is 1. The molecule has 0 aliphatic heterocycles. The van der Waals surface area contributed by atoms with Gasteiger partial charge in [0.1, 0.15) is 17.5 Å².